The van der Waals surface area contributed by atoms with Crippen LogP contribution in [0.15, 0.2) is 0 Å². The number of nitrogens with one attached hydrogen (secondary N) is 1. The summed E-state index contributed by atoms with van der Waals surface area (Å²) in [5.74, 6) is 0. The van der Waals surface area contributed by atoms with Gasteiger partial charge in [0.05, 0.1) is 11.7 Å². The topological polar surface area (TPSA) is 21.3 Å². The zero-order valence-corrected chi connectivity index (χ0v) is 13.9. The Morgan fingerprint density at radius 3 is 2.40 bits per heavy atom. The monoisotopic (exact) mass is 297 g/mol. The number of thioether (sulfide) groups is 1. The van der Waals surface area contributed by atoms with Crippen LogP contribution < -0.4 is 5.32 Å². The first kappa shape index (κ1) is 15.2. The highest BCUT2D eigenvalue weighted by atomic mass is 32.2. The van der Waals surface area contributed by atoms with Crippen LogP contribution in [0.4, 0.5) is 0 Å². The third-order valence-corrected chi connectivity index (χ3v) is 7.29. The molecule has 3 heteroatoms. The first-order chi connectivity index (χ1) is 9.76. The van der Waals surface area contributed by atoms with Crippen molar-refractivity contribution in [1.82, 2.24) is 5.32 Å². The molecule has 116 valence electrons. The van der Waals surface area contributed by atoms with Gasteiger partial charge in [-0.1, -0.05) is 32.1 Å². The van der Waals surface area contributed by atoms with Gasteiger partial charge in [0.2, 0.25) is 0 Å². The van der Waals surface area contributed by atoms with Crippen molar-refractivity contribution >= 4 is 11.8 Å². The number of rotatable bonds is 5. The van der Waals surface area contributed by atoms with Gasteiger partial charge < -0.3 is 10.1 Å². The molecular formula is C17H31NOS. The Balaban J connectivity index is 1.41. The minimum atomic E-state index is 0.287. The molecule has 1 saturated heterocycles. The van der Waals surface area contributed by atoms with Gasteiger partial charge in [0.25, 0.3) is 0 Å². The molecule has 1 aliphatic heterocycles. The first-order valence-electron chi connectivity index (χ1n) is 8.70. The molecule has 1 atom stereocenters. The molecule has 1 heterocycles. The molecule has 20 heavy (non-hydrogen) atoms. The molecule has 1 unspecified atom stereocenters. The summed E-state index contributed by atoms with van der Waals surface area (Å²) in [7, 11) is 0. The highest BCUT2D eigenvalue weighted by Crippen LogP contribution is 2.42. The second kappa shape index (κ2) is 6.58. The molecule has 3 aliphatic rings. The van der Waals surface area contributed by atoms with E-state index in [0.717, 1.165) is 6.54 Å². The van der Waals surface area contributed by atoms with Crippen LogP contribution in [0.25, 0.3) is 0 Å². The van der Waals surface area contributed by atoms with Gasteiger partial charge in [-0.05, 0) is 44.8 Å². The van der Waals surface area contributed by atoms with Gasteiger partial charge in [-0.2, -0.15) is 11.8 Å². The van der Waals surface area contributed by atoms with E-state index < -0.39 is 0 Å². The number of hydrogen-bond acceptors (Lipinski definition) is 3. The van der Waals surface area contributed by atoms with Gasteiger partial charge in [0.1, 0.15) is 0 Å². The second-order valence-electron chi connectivity index (χ2n) is 7.25. The summed E-state index contributed by atoms with van der Waals surface area (Å²) in [6, 6.07) is 0. The van der Waals surface area contributed by atoms with E-state index in [0.29, 0.717) is 10.9 Å². The highest BCUT2D eigenvalue weighted by Gasteiger charge is 2.41. The Morgan fingerprint density at radius 2 is 1.70 bits per heavy atom. The maximum Gasteiger partial charge on any atom is 0.0708 e. The molecule has 0 aromatic heterocycles. The van der Waals surface area contributed by atoms with Crippen molar-refractivity contribution in [3.8, 4) is 0 Å². The van der Waals surface area contributed by atoms with E-state index in [-0.39, 0.29) is 5.60 Å². The molecule has 2 saturated carbocycles. The van der Waals surface area contributed by atoms with E-state index in [1.165, 1.54) is 77.2 Å². The summed E-state index contributed by atoms with van der Waals surface area (Å²) in [4.78, 5) is 0. The van der Waals surface area contributed by atoms with Crippen molar-refractivity contribution in [2.24, 2.45) is 0 Å². The predicted molar refractivity (Wildman–Crippen MR) is 87.5 cm³/mol. The fourth-order valence-electron chi connectivity index (χ4n) is 4.54. The lowest BCUT2D eigenvalue weighted by Crippen LogP contribution is -2.40. The Bertz CT molecular complexity index is 308. The molecular weight excluding hydrogens is 266 g/mol. The normalized spacial score (nSPS) is 31.9. The fraction of sp³-hybridized carbons (Fsp3) is 1.00. The molecule has 0 aromatic carbocycles. The second-order valence-corrected chi connectivity index (χ2v) is 8.52. The molecule has 0 amide bonds. The first-order valence-corrected chi connectivity index (χ1v) is 9.92. The Kier molecular flexibility index (Phi) is 4.99. The van der Waals surface area contributed by atoms with Crippen molar-refractivity contribution in [2.75, 3.05) is 19.3 Å². The van der Waals surface area contributed by atoms with Gasteiger partial charge >= 0.3 is 0 Å². The summed E-state index contributed by atoms with van der Waals surface area (Å²) in [5, 5.41) is 3.74. The smallest absolute Gasteiger partial charge is 0.0708 e. The maximum absolute atomic E-state index is 6.45. The van der Waals surface area contributed by atoms with E-state index in [1.807, 2.05) is 0 Å². The molecule has 2 aliphatic carbocycles. The zero-order valence-electron chi connectivity index (χ0n) is 13.1. The van der Waals surface area contributed by atoms with E-state index in [1.54, 1.807) is 0 Å². The van der Waals surface area contributed by atoms with Crippen molar-refractivity contribution < 1.29 is 4.74 Å². The van der Waals surface area contributed by atoms with Crippen LogP contribution in [0.2, 0.25) is 0 Å². The standard InChI is InChI=1S/C17H31NOS/c1-20-17(10-5-6-11-17)14-18-13-15-7-12-16(19-15)8-3-2-4-9-16/h15,18H,2-14H2,1H3. The Labute approximate surface area is 128 Å². The van der Waals surface area contributed by atoms with Crippen LogP contribution in [0.3, 0.4) is 0 Å². The molecule has 0 aromatic rings. The molecule has 1 spiro atoms. The SMILES string of the molecule is CSC1(CNCC2CCC3(CCCCC3)O2)CCCC1. The lowest BCUT2D eigenvalue weighted by Gasteiger charge is -2.33. The van der Waals surface area contributed by atoms with Gasteiger partial charge in [-0.25, -0.2) is 0 Å². The third kappa shape index (κ3) is 3.36. The number of hydrogen-bond donors (Lipinski definition) is 1. The van der Waals surface area contributed by atoms with Gasteiger partial charge in [0.15, 0.2) is 0 Å². The van der Waals surface area contributed by atoms with Crippen molar-refractivity contribution in [3.63, 3.8) is 0 Å². The van der Waals surface area contributed by atoms with Crippen LogP contribution in [0.1, 0.15) is 70.6 Å². The highest BCUT2D eigenvalue weighted by molar-refractivity contribution is 8.00. The maximum atomic E-state index is 6.45. The van der Waals surface area contributed by atoms with Crippen LogP contribution in [-0.4, -0.2) is 35.8 Å². The van der Waals surface area contributed by atoms with Gasteiger partial charge in [0, 0.05) is 17.8 Å². The van der Waals surface area contributed by atoms with E-state index in [2.05, 4.69) is 23.3 Å². The van der Waals surface area contributed by atoms with E-state index in [9.17, 15) is 0 Å². The van der Waals surface area contributed by atoms with Crippen LogP contribution in [-0.2, 0) is 4.74 Å². The minimum Gasteiger partial charge on any atom is -0.370 e. The third-order valence-electron chi connectivity index (χ3n) is 5.87. The summed E-state index contributed by atoms with van der Waals surface area (Å²) < 4.78 is 6.98. The van der Waals surface area contributed by atoms with E-state index in [4.69, 9.17) is 4.74 Å². The molecule has 0 bridgehead atoms. The van der Waals surface area contributed by atoms with Crippen LogP contribution in [0.5, 0.6) is 0 Å². The number of ether oxygens (including phenoxy) is 1. The largest absolute Gasteiger partial charge is 0.370 e. The van der Waals surface area contributed by atoms with Crippen molar-refractivity contribution in [1.29, 1.82) is 0 Å². The lowest BCUT2D eigenvalue weighted by molar-refractivity contribution is -0.0623. The molecule has 3 fully saturated rings. The zero-order chi connectivity index (χ0) is 13.9. The average Bonchev–Trinajstić information content (AvgIpc) is 3.09. The van der Waals surface area contributed by atoms with Crippen molar-refractivity contribution in [3.05, 3.63) is 0 Å². The molecule has 3 rings (SSSR count). The quantitative estimate of drug-likeness (QED) is 0.824. The summed E-state index contributed by atoms with van der Waals surface area (Å²) in [6.07, 6.45) is 17.8. The summed E-state index contributed by atoms with van der Waals surface area (Å²) in [6.45, 7) is 2.26. The Morgan fingerprint density at radius 1 is 1.00 bits per heavy atom. The Hall–Kier alpha value is 0.270. The van der Waals surface area contributed by atoms with Crippen molar-refractivity contribution in [2.45, 2.75) is 87.1 Å². The van der Waals surface area contributed by atoms with Gasteiger partial charge in [-0.3, -0.25) is 0 Å². The molecule has 1 N–H and O–H groups in total. The molecule has 0 radical (unpaired) electrons. The van der Waals surface area contributed by atoms with Crippen LogP contribution >= 0.6 is 11.8 Å². The van der Waals surface area contributed by atoms with Gasteiger partial charge in [-0.15, -0.1) is 0 Å². The summed E-state index contributed by atoms with van der Waals surface area (Å²) in [5.41, 5.74) is 0.287. The van der Waals surface area contributed by atoms with Crippen LogP contribution in [0, 0.1) is 0 Å². The predicted octanol–water partition coefficient (Wildman–Crippen LogP) is 4.13. The molecule has 2 nitrogen and oxygen atoms in total. The fourth-order valence-corrected chi connectivity index (χ4v) is 5.48. The summed E-state index contributed by atoms with van der Waals surface area (Å²) >= 11 is 2.08. The lowest BCUT2D eigenvalue weighted by atomic mass is 9.83. The van der Waals surface area contributed by atoms with E-state index >= 15 is 0 Å². The minimum absolute atomic E-state index is 0.287. The average molecular weight is 298 g/mol.